The van der Waals surface area contributed by atoms with Crippen molar-refractivity contribution in [1.82, 2.24) is 29.7 Å². The van der Waals surface area contributed by atoms with E-state index in [2.05, 4.69) is 50.7 Å². The van der Waals surface area contributed by atoms with Crippen molar-refractivity contribution >= 4 is 11.9 Å². The number of nitrogens with zero attached hydrogens (tertiary/aromatic N) is 7. The lowest BCUT2D eigenvalue weighted by Crippen LogP contribution is -2.36. The van der Waals surface area contributed by atoms with E-state index < -0.39 is 0 Å². The summed E-state index contributed by atoms with van der Waals surface area (Å²) in [5, 5.41) is 4.16. The number of fused-ring (bicyclic) bond motifs is 1. The summed E-state index contributed by atoms with van der Waals surface area (Å²) >= 11 is 0. The van der Waals surface area contributed by atoms with E-state index in [9.17, 15) is 0 Å². The van der Waals surface area contributed by atoms with Gasteiger partial charge in [-0.3, -0.25) is 0 Å². The third kappa shape index (κ3) is 2.28. The van der Waals surface area contributed by atoms with E-state index in [0.29, 0.717) is 18.3 Å². The average Bonchev–Trinajstić information content (AvgIpc) is 2.84. The summed E-state index contributed by atoms with van der Waals surface area (Å²) in [5.41, 5.74) is 5.65. The maximum absolute atomic E-state index is 5.82. The topological polar surface area (TPSA) is 98.6 Å². The van der Waals surface area contributed by atoms with Gasteiger partial charge in [-0.1, -0.05) is 20.8 Å². The molecule has 0 bridgehead atoms. The second kappa shape index (κ2) is 4.39. The van der Waals surface area contributed by atoms with Gasteiger partial charge in [0.15, 0.2) is 0 Å². The van der Waals surface area contributed by atoms with E-state index >= 15 is 0 Å². The molecule has 2 aromatic heterocycles. The molecule has 8 nitrogen and oxygen atoms in total. The summed E-state index contributed by atoms with van der Waals surface area (Å²) in [6.07, 6.45) is 1.57. The van der Waals surface area contributed by atoms with E-state index in [4.69, 9.17) is 5.73 Å². The SMILES string of the molecule is CC(C)(C)c1nc(N)nc(N2CCn3ncnc3C2)n1. The van der Waals surface area contributed by atoms with Crippen LogP contribution in [0.4, 0.5) is 11.9 Å². The Labute approximate surface area is 117 Å². The van der Waals surface area contributed by atoms with Crippen LogP contribution in [0, 0.1) is 0 Å². The van der Waals surface area contributed by atoms with E-state index in [0.717, 1.165) is 18.9 Å². The van der Waals surface area contributed by atoms with Gasteiger partial charge in [0.05, 0.1) is 13.1 Å². The quantitative estimate of drug-likeness (QED) is 0.801. The smallest absolute Gasteiger partial charge is 0.230 e. The molecule has 2 aromatic rings. The number of aromatic nitrogens is 6. The van der Waals surface area contributed by atoms with Crippen molar-refractivity contribution in [3.05, 3.63) is 18.0 Å². The molecule has 1 aliphatic rings. The molecule has 0 saturated carbocycles. The van der Waals surface area contributed by atoms with Crippen molar-refractivity contribution in [3.63, 3.8) is 0 Å². The van der Waals surface area contributed by atoms with E-state index in [1.807, 2.05) is 4.68 Å². The van der Waals surface area contributed by atoms with Crippen LogP contribution < -0.4 is 10.6 Å². The van der Waals surface area contributed by atoms with Gasteiger partial charge in [-0.2, -0.15) is 20.1 Å². The highest BCUT2D eigenvalue weighted by molar-refractivity contribution is 5.36. The van der Waals surface area contributed by atoms with Gasteiger partial charge in [0.2, 0.25) is 11.9 Å². The van der Waals surface area contributed by atoms with Crippen molar-refractivity contribution in [2.45, 2.75) is 39.3 Å². The average molecular weight is 274 g/mol. The normalized spacial score (nSPS) is 15.2. The molecular formula is C12H18N8. The molecule has 3 heterocycles. The molecule has 0 amide bonds. The lowest BCUT2D eigenvalue weighted by molar-refractivity contribution is 0.499. The molecule has 2 N–H and O–H groups in total. The first kappa shape index (κ1) is 12.8. The van der Waals surface area contributed by atoms with Gasteiger partial charge in [0.25, 0.3) is 0 Å². The first-order valence-electron chi connectivity index (χ1n) is 6.57. The Balaban J connectivity index is 1.93. The molecule has 106 valence electrons. The molecule has 0 atom stereocenters. The van der Waals surface area contributed by atoms with E-state index in [1.165, 1.54) is 0 Å². The lowest BCUT2D eigenvalue weighted by atomic mass is 9.96. The van der Waals surface area contributed by atoms with Gasteiger partial charge in [-0.15, -0.1) is 0 Å². The third-order valence-electron chi connectivity index (χ3n) is 3.20. The summed E-state index contributed by atoms with van der Waals surface area (Å²) < 4.78 is 1.89. The Kier molecular flexibility index (Phi) is 2.81. The summed E-state index contributed by atoms with van der Waals surface area (Å²) in [6.45, 7) is 8.34. The first-order chi connectivity index (χ1) is 9.43. The van der Waals surface area contributed by atoms with Crippen LogP contribution in [-0.4, -0.2) is 36.3 Å². The van der Waals surface area contributed by atoms with E-state index in [-0.39, 0.29) is 11.4 Å². The molecule has 0 spiro atoms. The van der Waals surface area contributed by atoms with Crippen LogP contribution in [0.2, 0.25) is 0 Å². The number of nitrogens with two attached hydrogens (primary N) is 1. The Hall–Kier alpha value is -2.25. The molecule has 0 fully saturated rings. The fraction of sp³-hybridized carbons (Fsp3) is 0.583. The molecule has 1 aliphatic heterocycles. The Morgan fingerprint density at radius 2 is 1.95 bits per heavy atom. The molecule has 8 heteroatoms. The maximum atomic E-state index is 5.82. The lowest BCUT2D eigenvalue weighted by Gasteiger charge is -2.27. The standard InChI is InChI=1S/C12H18N8/c1-12(2,3)9-16-10(13)18-11(17-9)19-4-5-20-8(6-19)14-7-15-20/h7H,4-6H2,1-3H3,(H2,13,16,17,18). The minimum atomic E-state index is -0.165. The molecule has 0 radical (unpaired) electrons. The largest absolute Gasteiger partial charge is 0.368 e. The Bertz CT molecular complexity index is 627. The monoisotopic (exact) mass is 274 g/mol. The second-order valence-electron chi connectivity index (χ2n) is 5.89. The van der Waals surface area contributed by atoms with Crippen LogP contribution in [0.25, 0.3) is 0 Å². The van der Waals surface area contributed by atoms with Crippen LogP contribution in [0.3, 0.4) is 0 Å². The van der Waals surface area contributed by atoms with Crippen molar-refractivity contribution in [2.75, 3.05) is 17.2 Å². The van der Waals surface area contributed by atoms with Gasteiger partial charge in [0.1, 0.15) is 18.0 Å². The van der Waals surface area contributed by atoms with Gasteiger partial charge in [-0.25, -0.2) is 9.67 Å². The zero-order chi connectivity index (χ0) is 14.3. The molecule has 0 aliphatic carbocycles. The van der Waals surface area contributed by atoms with Crippen molar-refractivity contribution in [1.29, 1.82) is 0 Å². The maximum Gasteiger partial charge on any atom is 0.230 e. The summed E-state index contributed by atoms with van der Waals surface area (Å²) in [4.78, 5) is 19.3. The number of nitrogen functional groups attached to an aromatic ring is 1. The zero-order valence-corrected chi connectivity index (χ0v) is 11.9. The fourth-order valence-corrected chi connectivity index (χ4v) is 2.09. The molecular weight excluding hydrogens is 256 g/mol. The minimum Gasteiger partial charge on any atom is -0.368 e. The van der Waals surface area contributed by atoms with Crippen molar-refractivity contribution < 1.29 is 0 Å². The van der Waals surface area contributed by atoms with Crippen molar-refractivity contribution in [3.8, 4) is 0 Å². The first-order valence-corrected chi connectivity index (χ1v) is 6.57. The molecule has 0 unspecified atom stereocenters. The van der Waals surface area contributed by atoms with Gasteiger partial charge >= 0.3 is 0 Å². The van der Waals surface area contributed by atoms with Crippen LogP contribution in [0.15, 0.2) is 6.33 Å². The molecule has 20 heavy (non-hydrogen) atoms. The Morgan fingerprint density at radius 1 is 1.15 bits per heavy atom. The number of hydrogen-bond acceptors (Lipinski definition) is 7. The van der Waals surface area contributed by atoms with Gasteiger partial charge in [0, 0.05) is 12.0 Å². The zero-order valence-electron chi connectivity index (χ0n) is 11.9. The number of hydrogen-bond donors (Lipinski definition) is 1. The molecule has 0 saturated heterocycles. The highest BCUT2D eigenvalue weighted by Crippen LogP contribution is 2.22. The fourth-order valence-electron chi connectivity index (χ4n) is 2.09. The van der Waals surface area contributed by atoms with E-state index in [1.54, 1.807) is 6.33 Å². The van der Waals surface area contributed by atoms with Crippen LogP contribution in [0.1, 0.15) is 32.4 Å². The molecule has 3 rings (SSSR count). The van der Waals surface area contributed by atoms with Gasteiger partial charge < -0.3 is 10.6 Å². The predicted octanol–water partition coefficient (Wildman–Crippen LogP) is 0.363. The van der Waals surface area contributed by atoms with Crippen LogP contribution in [-0.2, 0) is 18.5 Å². The summed E-state index contributed by atoms with van der Waals surface area (Å²) in [5.74, 6) is 2.48. The predicted molar refractivity (Wildman–Crippen MR) is 74.0 cm³/mol. The van der Waals surface area contributed by atoms with Crippen LogP contribution in [0.5, 0.6) is 0 Å². The summed E-state index contributed by atoms with van der Waals surface area (Å²) in [7, 11) is 0. The summed E-state index contributed by atoms with van der Waals surface area (Å²) in [6, 6.07) is 0. The number of anilines is 2. The molecule has 0 aromatic carbocycles. The third-order valence-corrected chi connectivity index (χ3v) is 3.20. The minimum absolute atomic E-state index is 0.165. The van der Waals surface area contributed by atoms with Crippen molar-refractivity contribution in [2.24, 2.45) is 0 Å². The highest BCUT2D eigenvalue weighted by atomic mass is 15.4. The van der Waals surface area contributed by atoms with Gasteiger partial charge in [-0.05, 0) is 0 Å². The van der Waals surface area contributed by atoms with Crippen LogP contribution >= 0.6 is 0 Å². The number of rotatable bonds is 1. The Morgan fingerprint density at radius 3 is 2.70 bits per heavy atom. The second-order valence-corrected chi connectivity index (χ2v) is 5.89. The highest BCUT2D eigenvalue weighted by Gasteiger charge is 2.24.